The van der Waals surface area contributed by atoms with Gasteiger partial charge in [-0.25, -0.2) is 0 Å². The van der Waals surface area contributed by atoms with Crippen molar-refractivity contribution in [1.29, 1.82) is 0 Å². The van der Waals surface area contributed by atoms with Gasteiger partial charge in [0, 0.05) is 4.80 Å². The molecule has 25 heavy (non-hydrogen) atoms. The third-order valence-corrected chi connectivity index (χ3v) is 3.84. The van der Waals surface area contributed by atoms with E-state index >= 15 is 0 Å². The minimum atomic E-state index is 0. The molecule has 0 atom stereocenters. The molecule has 4 nitrogen and oxygen atoms in total. The normalized spacial score (nSPS) is 10.3. The van der Waals surface area contributed by atoms with Gasteiger partial charge in [-0.1, -0.05) is 61.5 Å². The van der Waals surface area contributed by atoms with Crippen LogP contribution in [0.4, 0.5) is 0 Å². The van der Waals surface area contributed by atoms with Crippen molar-refractivity contribution in [2.24, 2.45) is 0 Å². The molecule has 4 heteroatoms. The lowest BCUT2D eigenvalue weighted by Gasteiger charge is -1.99. The number of aryl methyl sites for hydroxylation is 1. The predicted octanol–water partition coefficient (Wildman–Crippen LogP) is 4.16. The Hall–Kier alpha value is -3.27. The Balaban J connectivity index is 0.00000182. The second-order valence-electron chi connectivity index (χ2n) is 5.64. The molecule has 3 aromatic carbocycles. The van der Waals surface area contributed by atoms with Gasteiger partial charge >= 0.3 is 5.82 Å². The van der Waals surface area contributed by atoms with E-state index in [0.717, 1.165) is 16.9 Å². The third kappa shape index (κ3) is 3.33. The fraction of sp³-hybridized carbons (Fsp3) is 0.0952. The highest BCUT2D eigenvalue weighted by Crippen LogP contribution is 2.14. The average molecular weight is 329 g/mol. The Morgan fingerprint density at radius 2 is 1.36 bits per heavy atom. The van der Waals surface area contributed by atoms with Gasteiger partial charge < -0.3 is 0 Å². The fourth-order valence-corrected chi connectivity index (χ4v) is 2.56. The van der Waals surface area contributed by atoms with Crippen molar-refractivity contribution in [2.45, 2.75) is 14.4 Å². The molecule has 0 aliphatic carbocycles. The van der Waals surface area contributed by atoms with Gasteiger partial charge in [0.1, 0.15) is 5.69 Å². The summed E-state index contributed by atoms with van der Waals surface area (Å²) in [6.45, 7) is 2.08. The first-order valence-corrected chi connectivity index (χ1v) is 7.89. The second kappa shape index (κ2) is 7.09. The summed E-state index contributed by atoms with van der Waals surface area (Å²) in [5.41, 5.74) is 4.15. The van der Waals surface area contributed by atoms with Gasteiger partial charge in [-0.05, 0) is 53.2 Å². The Bertz CT molecular complexity index is 942. The molecule has 1 heterocycles. The van der Waals surface area contributed by atoms with Crippen LogP contribution in [-0.2, 0) is 0 Å². The van der Waals surface area contributed by atoms with E-state index in [0.29, 0.717) is 5.82 Å². The smallest absolute Gasteiger partial charge is 0.0776 e. The van der Waals surface area contributed by atoms with Crippen molar-refractivity contribution in [3.05, 3.63) is 90.5 Å². The van der Waals surface area contributed by atoms with E-state index in [1.54, 1.807) is 0 Å². The Morgan fingerprint density at radius 3 is 2.00 bits per heavy atom. The molecular formula is C21H21N4+. The van der Waals surface area contributed by atoms with Crippen LogP contribution >= 0.6 is 0 Å². The number of benzene rings is 3. The first-order chi connectivity index (χ1) is 11.8. The average Bonchev–Trinajstić information content (AvgIpc) is 3.09. The predicted molar refractivity (Wildman–Crippen MR) is 99.8 cm³/mol. The van der Waals surface area contributed by atoms with Crippen molar-refractivity contribution in [2.75, 3.05) is 0 Å². The molecule has 0 radical (unpaired) electrons. The van der Waals surface area contributed by atoms with Crippen LogP contribution in [0, 0.1) is 6.92 Å². The van der Waals surface area contributed by atoms with Crippen LogP contribution in [0.1, 0.15) is 13.0 Å². The van der Waals surface area contributed by atoms with E-state index in [2.05, 4.69) is 31.2 Å². The number of hydrogen-bond acceptors (Lipinski definition) is 2. The zero-order chi connectivity index (χ0) is 16.4. The number of nitrogens with zero attached hydrogens (tertiary/aromatic N) is 4. The van der Waals surface area contributed by atoms with Crippen LogP contribution < -0.4 is 4.80 Å². The molecule has 0 aliphatic rings. The molecular weight excluding hydrogens is 308 g/mol. The molecule has 0 fully saturated rings. The summed E-state index contributed by atoms with van der Waals surface area (Å²) in [6.07, 6.45) is 0. The van der Waals surface area contributed by atoms with Crippen molar-refractivity contribution >= 4 is 0 Å². The zero-order valence-corrected chi connectivity index (χ0v) is 13.4. The lowest BCUT2D eigenvalue weighted by molar-refractivity contribution is -0.734. The van der Waals surface area contributed by atoms with E-state index in [1.807, 2.05) is 70.3 Å². The minimum Gasteiger partial charge on any atom is -0.0776 e. The summed E-state index contributed by atoms with van der Waals surface area (Å²) < 4.78 is 0. The Labute approximate surface area is 148 Å². The summed E-state index contributed by atoms with van der Waals surface area (Å²) in [5, 5.41) is 9.44. The van der Waals surface area contributed by atoms with Gasteiger partial charge in [0.25, 0.3) is 0 Å². The molecule has 0 bridgehead atoms. The SMILES string of the molecule is C.Cc1ccc(-[n+]2nc(-c3ccccc3)nn2-c2ccccc2)cc1. The fourth-order valence-electron chi connectivity index (χ4n) is 2.56. The lowest BCUT2D eigenvalue weighted by atomic mass is 10.2. The summed E-state index contributed by atoms with van der Waals surface area (Å²) in [5.74, 6) is 0.694. The van der Waals surface area contributed by atoms with Gasteiger partial charge in [-0.15, -0.1) is 0 Å². The van der Waals surface area contributed by atoms with E-state index < -0.39 is 0 Å². The minimum absolute atomic E-state index is 0. The molecule has 0 aliphatic heterocycles. The van der Waals surface area contributed by atoms with Gasteiger partial charge in [0.15, 0.2) is 5.69 Å². The zero-order valence-electron chi connectivity index (χ0n) is 13.4. The molecule has 0 amide bonds. The highest BCUT2D eigenvalue weighted by Gasteiger charge is 2.22. The van der Waals surface area contributed by atoms with Crippen LogP contribution in [0.2, 0.25) is 0 Å². The lowest BCUT2D eigenvalue weighted by Crippen LogP contribution is -2.43. The van der Waals surface area contributed by atoms with E-state index in [4.69, 9.17) is 10.2 Å². The third-order valence-electron chi connectivity index (χ3n) is 3.84. The van der Waals surface area contributed by atoms with Gasteiger partial charge in [0.2, 0.25) is 0 Å². The van der Waals surface area contributed by atoms with E-state index in [-0.39, 0.29) is 7.43 Å². The summed E-state index contributed by atoms with van der Waals surface area (Å²) >= 11 is 0. The molecule has 4 rings (SSSR count). The second-order valence-corrected chi connectivity index (χ2v) is 5.64. The van der Waals surface area contributed by atoms with Crippen LogP contribution in [0.3, 0.4) is 0 Å². The molecule has 124 valence electrons. The number of hydrogen-bond donors (Lipinski definition) is 0. The van der Waals surface area contributed by atoms with E-state index in [9.17, 15) is 0 Å². The molecule has 0 unspecified atom stereocenters. The molecule has 0 N–H and O–H groups in total. The van der Waals surface area contributed by atoms with Gasteiger partial charge in [-0.3, -0.25) is 0 Å². The largest absolute Gasteiger partial charge is 0.340 e. The monoisotopic (exact) mass is 329 g/mol. The highest BCUT2D eigenvalue weighted by molar-refractivity contribution is 5.53. The van der Waals surface area contributed by atoms with Crippen LogP contribution in [0.25, 0.3) is 22.8 Å². The van der Waals surface area contributed by atoms with Crippen LogP contribution in [0.15, 0.2) is 84.9 Å². The number of tetrazole rings is 1. The van der Waals surface area contributed by atoms with Crippen molar-refractivity contribution in [3.8, 4) is 22.8 Å². The topological polar surface area (TPSA) is 34.6 Å². The van der Waals surface area contributed by atoms with Crippen molar-refractivity contribution in [1.82, 2.24) is 15.0 Å². The van der Waals surface area contributed by atoms with Crippen molar-refractivity contribution < 1.29 is 4.80 Å². The number of para-hydroxylation sites is 1. The molecule has 0 saturated heterocycles. The Morgan fingerprint density at radius 1 is 0.760 bits per heavy atom. The first-order valence-electron chi connectivity index (χ1n) is 7.89. The van der Waals surface area contributed by atoms with E-state index in [1.165, 1.54) is 5.56 Å². The highest BCUT2D eigenvalue weighted by atomic mass is 15.7. The molecule has 4 aromatic rings. The number of aromatic nitrogens is 4. The van der Waals surface area contributed by atoms with Crippen molar-refractivity contribution in [3.63, 3.8) is 0 Å². The summed E-state index contributed by atoms with van der Waals surface area (Å²) in [7, 11) is 0. The van der Waals surface area contributed by atoms with Gasteiger partial charge in [0.05, 0.1) is 10.7 Å². The Kier molecular flexibility index (Phi) is 4.70. The standard InChI is InChI=1S/C20H17N4.CH4/c1-16-12-14-19(15-13-16)24-22-20(17-8-4-2-5-9-17)21-23(24)18-10-6-3-7-11-18;/h2-15H,1H3;1H4/q+1;. The maximum Gasteiger partial charge on any atom is 0.340 e. The maximum atomic E-state index is 4.73. The summed E-state index contributed by atoms with van der Waals surface area (Å²) in [6, 6.07) is 28.3. The summed E-state index contributed by atoms with van der Waals surface area (Å²) in [4.78, 5) is 3.66. The molecule has 1 aromatic heterocycles. The maximum absolute atomic E-state index is 4.73. The molecule has 0 spiro atoms. The number of rotatable bonds is 3. The molecule has 0 saturated carbocycles. The quantitative estimate of drug-likeness (QED) is 0.529. The van der Waals surface area contributed by atoms with Gasteiger partial charge in [-0.2, -0.15) is 0 Å². The first kappa shape index (κ1) is 16.6. The van der Waals surface area contributed by atoms with Crippen LogP contribution in [0.5, 0.6) is 0 Å². The van der Waals surface area contributed by atoms with Crippen LogP contribution in [-0.4, -0.2) is 15.0 Å².